The highest BCUT2D eigenvalue weighted by molar-refractivity contribution is 7.52. The first-order chi connectivity index (χ1) is 19.7. The number of H-pyrrole nitrogens is 1. The lowest BCUT2D eigenvalue weighted by Gasteiger charge is -2.28. The standard InChI is InChI=1S/C27H35FN3O10P/c1-15(2)38-24(34)16(3)30-42(36,41-20-10-8-19(9-11-20)18-6-7-18)37-14-21-23(39-17(4)32)27(5,28)25(40-21)31-13-12-22(33)29-26(31)35/h8-13,15-16,18,21,23,25H,6-7,14H2,1-5H3,(H,30,36)(H,29,33,35)/t16-,21+,23+,25+,27+,42-/m0/s1. The third-order valence-electron chi connectivity index (χ3n) is 6.70. The number of nitrogens with one attached hydrogen (secondary N) is 2. The Balaban J connectivity index is 1.59. The topological polar surface area (TPSA) is 164 Å². The van der Waals surface area contributed by atoms with Crippen LogP contribution in [0, 0.1) is 0 Å². The van der Waals surface area contributed by atoms with E-state index >= 15 is 4.39 Å². The first kappa shape index (κ1) is 31.6. The molecule has 6 atom stereocenters. The third-order valence-corrected chi connectivity index (χ3v) is 8.34. The number of rotatable bonds is 12. The van der Waals surface area contributed by atoms with Crippen LogP contribution in [0.25, 0.3) is 0 Å². The lowest BCUT2D eigenvalue weighted by atomic mass is 9.98. The minimum Gasteiger partial charge on any atom is -0.462 e. The van der Waals surface area contributed by atoms with Crippen molar-refractivity contribution in [3.63, 3.8) is 0 Å². The van der Waals surface area contributed by atoms with E-state index in [1.165, 1.54) is 6.92 Å². The molecule has 2 fully saturated rings. The predicted molar refractivity (Wildman–Crippen MR) is 147 cm³/mol. The summed E-state index contributed by atoms with van der Waals surface area (Å²) in [4.78, 5) is 50.3. The summed E-state index contributed by atoms with van der Waals surface area (Å²) in [6.07, 6.45) is -1.88. The van der Waals surface area contributed by atoms with Gasteiger partial charge in [0.2, 0.25) is 0 Å². The molecule has 1 aliphatic carbocycles. The van der Waals surface area contributed by atoms with Crippen LogP contribution in [0.2, 0.25) is 0 Å². The molecule has 1 aliphatic heterocycles. The fraction of sp³-hybridized carbons (Fsp3) is 0.556. The minimum atomic E-state index is -4.39. The SMILES string of the molecule is CC(=O)O[C@@H]1[C@@H](CO[P@@](=O)(N[C@@H](C)C(=O)OC(C)C)Oc2ccc(C3CC3)cc2)O[C@@H](n2ccc(=O)[nH]c2=O)[C@]1(C)F. The minimum absolute atomic E-state index is 0.177. The molecule has 15 heteroatoms. The van der Waals surface area contributed by atoms with Crippen molar-refractivity contribution in [1.82, 2.24) is 14.6 Å². The van der Waals surface area contributed by atoms with Gasteiger partial charge in [0, 0.05) is 19.2 Å². The lowest BCUT2D eigenvalue weighted by Crippen LogP contribution is -2.46. The molecule has 2 heterocycles. The summed E-state index contributed by atoms with van der Waals surface area (Å²) in [6.45, 7) is 6.19. The van der Waals surface area contributed by atoms with Crippen LogP contribution in [0.15, 0.2) is 46.1 Å². The van der Waals surface area contributed by atoms with Gasteiger partial charge in [-0.15, -0.1) is 0 Å². The van der Waals surface area contributed by atoms with E-state index in [4.69, 9.17) is 23.3 Å². The van der Waals surface area contributed by atoms with Crippen molar-refractivity contribution in [2.75, 3.05) is 6.61 Å². The molecule has 1 saturated carbocycles. The van der Waals surface area contributed by atoms with Crippen LogP contribution in [0.5, 0.6) is 5.75 Å². The smallest absolute Gasteiger partial charge is 0.459 e. The van der Waals surface area contributed by atoms with Crippen molar-refractivity contribution < 1.29 is 41.8 Å². The van der Waals surface area contributed by atoms with Gasteiger partial charge in [0.05, 0.1) is 12.7 Å². The van der Waals surface area contributed by atoms with Crippen molar-refractivity contribution in [3.05, 3.63) is 62.9 Å². The fourth-order valence-electron chi connectivity index (χ4n) is 4.56. The Kier molecular flexibility index (Phi) is 9.41. The normalized spacial score (nSPS) is 25.9. The first-order valence-electron chi connectivity index (χ1n) is 13.5. The van der Waals surface area contributed by atoms with Crippen LogP contribution in [-0.2, 0) is 32.9 Å². The van der Waals surface area contributed by atoms with Crippen molar-refractivity contribution in [3.8, 4) is 5.75 Å². The summed E-state index contributed by atoms with van der Waals surface area (Å²) >= 11 is 0. The van der Waals surface area contributed by atoms with Gasteiger partial charge in [-0.3, -0.25) is 28.5 Å². The molecule has 0 amide bonds. The number of esters is 2. The summed E-state index contributed by atoms with van der Waals surface area (Å²) < 4.78 is 58.5. The van der Waals surface area contributed by atoms with E-state index in [-0.39, 0.29) is 5.75 Å². The molecular weight excluding hydrogens is 576 g/mol. The number of hydrogen-bond acceptors (Lipinski definition) is 10. The number of aromatic nitrogens is 2. The summed E-state index contributed by atoms with van der Waals surface area (Å²) in [5.74, 6) is -0.909. The number of nitrogens with zero attached hydrogens (tertiary/aromatic N) is 1. The highest BCUT2D eigenvalue weighted by Gasteiger charge is 2.58. The molecule has 1 aromatic heterocycles. The second-order valence-electron chi connectivity index (χ2n) is 10.8. The molecule has 2 aromatic rings. The molecule has 1 saturated heterocycles. The number of benzene rings is 1. The van der Waals surface area contributed by atoms with Gasteiger partial charge in [-0.05, 0) is 64.2 Å². The Bertz CT molecular complexity index is 1450. The third kappa shape index (κ3) is 7.54. The summed E-state index contributed by atoms with van der Waals surface area (Å²) in [5.41, 5.74) is -3.05. The quantitative estimate of drug-likeness (QED) is 0.268. The maximum atomic E-state index is 16.1. The monoisotopic (exact) mass is 611 g/mol. The average Bonchev–Trinajstić information content (AvgIpc) is 3.70. The molecule has 230 valence electrons. The molecule has 2 aliphatic rings. The van der Waals surface area contributed by atoms with Crippen molar-refractivity contribution in [1.29, 1.82) is 0 Å². The first-order valence-corrected chi connectivity index (χ1v) is 15.1. The van der Waals surface area contributed by atoms with Crippen LogP contribution in [-0.4, -0.2) is 58.1 Å². The highest BCUT2D eigenvalue weighted by Crippen LogP contribution is 2.49. The maximum absolute atomic E-state index is 16.1. The van der Waals surface area contributed by atoms with Gasteiger partial charge < -0.3 is 18.7 Å². The van der Waals surface area contributed by atoms with Gasteiger partial charge in [-0.25, -0.2) is 13.8 Å². The average molecular weight is 612 g/mol. The van der Waals surface area contributed by atoms with E-state index in [1.54, 1.807) is 26.0 Å². The molecule has 4 rings (SSSR count). The number of halogens is 1. The molecule has 1 aromatic carbocycles. The molecule has 13 nitrogen and oxygen atoms in total. The Morgan fingerprint density at radius 3 is 2.43 bits per heavy atom. The van der Waals surface area contributed by atoms with E-state index in [9.17, 15) is 23.7 Å². The zero-order valence-electron chi connectivity index (χ0n) is 23.9. The second-order valence-corrected chi connectivity index (χ2v) is 12.5. The molecular formula is C27H35FN3O10P. The van der Waals surface area contributed by atoms with Crippen molar-refractivity contribution >= 4 is 19.7 Å². The Hall–Kier alpha value is -3.32. The number of alkyl halides is 1. The van der Waals surface area contributed by atoms with E-state index in [0.717, 1.165) is 49.1 Å². The van der Waals surface area contributed by atoms with Gasteiger partial charge in [0.25, 0.3) is 5.56 Å². The second kappa shape index (κ2) is 12.5. The van der Waals surface area contributed by atoms with Crippen LogP contribution >= 0.6 is 7.75 Å². The summed E-state index contributed by atoms with van der Waals surface area (Å²) in [6, 6.07) is 6.78. The molecule has 2 N–H and O–H groups in total. The molecule has 42 heavy (non-hydrogen) atoms. The number of hydrogen-bond donors (Lipinski definition) is 2. The van der Waals surface area contributed by atoms with E-state index in [2.05, 4.69) is 5.09 Å². The van der Waals surface area contributed by atoms with Crippen LogP contribution < -0.4 is 20.9 Å². The zero-order valence-corrected chi connectivity index (χ0v) is 24.8. The number of carbonyl (C=O) groups excluding carboxylic acids is 2. The number of carbonyl (C=O) groups is 2. The van der Waals surface area contributed by atoms with Gasteiger partial charge in [0.1, 0.15) is 17.9 Å². The molecule has 0 radical (unpaired) electrons. The maximum Gasteiger partial charge on any atom is 0.459 e. The molecule has 0 bridgehead atoms. The van der Waals surface area contributed by atoms with Gasteiger partial charge in [-0.1, -0.05) is 12.1 Å². The Morgan fingerprint density at radius 2 is 1.86 bits per heavy atom. The van der Waals surface area contributed by atoms with Crippen molar-refractivity contribution in [2.24, 2.45) is 0 Å². The zero-order chi connectivity index (χ0) is 30.8. The van der Waals surface area contributed by atoms with Gasteiger partial charge >= 0.3 is 25.4 Å². The number of ether oxygens (including phenoxy) is 3. The lowest BCUT2D eigenvalue weighted by molar-refractivity contribution is -0.155. The van der Waals surface area contributed by atoms with E-state index in [1.807, 2.05) is 17.1 Å². The summed E-state index contributed by atoms with van der Waals surface area (Å²) in [5, 5.41) is 2.54. The fourth-order valence-corrected chi connectivity index (χ4v) is 6.06. The van der Waals surface area contributed by atoms with Crippen LogP contribution in [0.1, 0.15) is 65.2 Å². The largest absolute Gasteiger partial charge is 0.462 e. The Labute approximate surface area is 241 Å². The van der Waals surface area contributed by atoms with E-state index in [0.29, 0.717) is 5.92 Å². The van der Waals surface area contributed by atoms with Gasteiger partial charge in [-0.2, -0.15) is 5.09 Å². The van der Waals surface area contributed by atoms with Crippen molar-refractivity contribution in [2.45, 2.75) is 89.6 Å². The van der Waals surface area contributed by atoms with Crippen LogP contribution in [0.3, 0.4) is 0 Å². The van der Waals surface area contributed by atoms with Gasteiger partial charge in [0.15, 0.2) is 18.0 Å². The summed E-state index contributed by atoms with van der Waals surface area (Å²) in [7, 11) is -4.39. The predicted octanol–water partition coefficient (Wildman–Crippen LogP) is 3.10. The number of aromatic amines is 1. The van der Waals surface area contributed by atoms with E-state index < -0.39 is 73.8 Å². The van der Waals surface area contributed by atoms with Crippen LogP contribution in [0.4, 0.5) is 4.39 Å². The highest BCUT2D eigenvalue weighted by atomic mass is 31.2. The Morgan fingerprint density at radius 1 is 1.19 bits per heavy atom. The molecule has 0 spiro atoms. The molecule has 0 unspecified atom stereocenters.